The summed E-state index contributed by atoms with van der Waals surface area (Å²) in [5, 5.41) is 0. The van der Waals surface area contributed by atoms with Crippen molar-refractivity contribution in [2.24, 2.45) is 5.73 Å². The quantitative estimate of drug-likeness (QED) is 0.760. The number of hydrogen-bond acceptors (Lipinski definition) is 3. The van der Waals surface area contributed by atoms with E-state index in [1.807, 2.05) is 24.3 Å². The predicted molar refractivity (Wildman–Crippen MR) is 90.2 cm³/mol. The maximum atomic E-state index is 12.4. The van der Waals surface area contributed by atoms with Crippen molar-refractivity contribution in [1.82, 2.24) is 4.72 Å². The molecule has 3 N–H and O–H groups in total. The molecule has 112 valence electrons. The maximum absolute atomic E-state index is 12.4. The van der Waals surface area contributed by atoms with Crippen molar-refractivity contribution < 1.29 is 8.42 Å². The number of nitrogens with one attached hydrogen (secondary N) is 1. The number of sulfonamides is 1. The fourth-order valence-corrected chi connectivity index (χ4v) is 4.26. The summed E-state index contributed by atoms with van der Waals surface area (Å²) in [5.41, 5.74) is 7.20. The molecule has 0 spiro atoms. The highest BCUT2D eigenvalue weighted by Crippen LogP contribution is 2.23. The average Bonchev–Trinajstić information content (AvgIpc) is 2.46. The highest BCUT2D eigenvalue weighted by atomic mass is 79.9. The summed E-state index contributed by atoms with van der Waals surface area (Å²) in [6, 6.07) is 12.5. The Balaban J connectivity index is 2.22. The fourth-order valence-electron chi connectivity index (χ4n) is 1.78. The van der Waals surface area contributed by atoms with Crippen LogP contribution in [0.5, 0.6) is 0 Å². The lowest BCUT2D eigenvalue weighted by molar-refractivity contribution is 0.580. The van der Waals surface area contributed by atoms with Crippen LogP contribution in [0.15, 0.2) is 56.3 Å². The lowest BCUT2D eigenvalue weighted by atomic mass is 10.2. The normalized spacial score (nSPS) is 11.6. The Labute approximate surface area is 141 Å². The van der Waals surface area contributed by atoms with Crippen LogP contribution in [0, 0.1) is 0 Å². The topological polar surface area (TPSA) is 72.2 Å². The van der Waals surface area contributed by atoms with E-state index in [1.54, 1.807) is 18.2 Å². The summed E-state index contributed by atoms with van der Waals surface area (Å²) < 4.78 is 28.8. The van der Waals surface area contributed by atoms with Crippen molar-refractivity contribution >= 4 is 41.9 Å². The molecule has 0 unspecified atom stereocenters. The zero-order chi connectivity index (χ0) is 15.5. The molecule has 0 amide bonds. The van der Waals surface area contributed by atoms with Gasteiger partial charge < -0.3 is 5.73 Å². The molecule has 0 aliphatic rings. The molecule has 0 aliphatic carbocycles. The molecule has 2 aromatic carbocycles. The van der Waals surface area contributed by atoms with Crippen LogP contribution in [0.2, 0.25) is 0 Å². The van der Waals surface area contributed by atoms with Crippen LogP contribution < -0.4 is 10.5 Å². The van der Waals surface area contributed by atoms with Crippen LogP contribution in [0.3, 0.4) is 0 Å². The van der Waals surface area contributed by atoms with Gasteiger partial charge in [-0.3, -0.25) is 0 Å². The molecule has 0 atom stereocenters. The molecule has 2 aromatic rings. The number of halogens is 2. The number of nitrogens with two attached hydrogens (primary N) is 1. The smallest absolute Gasteiger partial charge is 0.242 e. The van der Waals surface area contributed by atoms with Crippen molar-refractivity contribution in [2.45, 2.75) is 18.0 Å². The van der Waals surface area contributed by atoms with Crippen LogP contribution in [0.25, 0.3) is 0 Å². The Hall–Kier alpha value is -0.730. The van der Waals surface area contributed by atoms with Gasteiger partial charge in [0, 0.05) is 22.0 Å². The first-order chi connectivity index (χ1) is 9.92. The summed E-state index contributed by atoms with van der Waals surface area (Å²) >= 11 is 6.63. The SMILES string of the molecule is NCc1ccc(Br)c(S(=O)(=O)NCc2cccc(Br)c2)c1. The second-order valence-corrected chi connectivity index (χ2v) is 7.93. The molecule has 0 fully saturated rings. The first kappa shape index (κ1) is 16.6. The number of rotatable bonds is 5. The van der Waals surface area contributed by atoms with Gasteiger partial charge in [-0.05, 0) is 51.3 Å². The van der Waals surface area contributed by atoms with Crippen molar-refractivity contribution in [3.63, 3.8) is 0 Å². The van der Waals surface area contributed by atoms with E-state index >= 15 is 0 Å². The summed E-state index contributed by atoms with van der Waals surface area (Å²) in [4.78, 5) is 0.195. The molecule has 0 aromatic heterocycles. The molecule has 0 heterocycles. The molecule has 0 saturated heterocycles. The van der Waals surface area contributed by atoms with E-state index in [1.165, 1.54) is 0 Å². The molecule has 2 rings (SSSR count). The first-order valence-electron chi connectivity index (χ1n) is 6.15. The van der Waals surface area contributed by atoms with Crippen molar-refractivity contribution in [1.29, 1.82) is 0 Å². The minimum Gasteiger partial charge on any atom is -0.326 e. The third-order valence-corrected chi connectivity index (χ3v) is 5.76. The Morgan fingerprint density at radius 2 is 1.81 bits per heavy atom. The van der Waals surface area contributed by atoms with Crippen LogP contribution >= 0.6 is 31.9 Å². The lowest BCUT2D eigenvalue weighted by Gasteiger charge is -2.10. The first-order valence-corrected chi connectivity index (χ1v) is 9.22. The molecular weight excluding hydrogens is 420 g/mol. The summed E-state index contributed by atoms with van der Waals surface area (Å²) in [6.45, 7) is 0.516. The summed E-state index contributed by atoms with van der Waals surface area (Å²) in [5.74, 6) is 0. The van der Waals surface area contributed by atoms with Gasteiger partial charge in [-0.25, -0.2) is 13.1 Å². The molecule has 0 radical (unpaired) electrons. The monoisotopic (exact) mass is 432 g/mol. The Morgan fingerprint density at radius 3 is 2.48 bits per heavy atom. The third-order valence-electron chi connectivity index (χ3n) is 2.88. The number of hydrogen-bond donors (Lipinski definition) is 2. The van der Waals surface area contributed by atoms with Gasteiger partial charge in [-0.1, -0.05) is 34.1 Å². The lowest BCUT2D eigenvalue weighted by Crippen LogP contribution is -2.23. The Kier molecular flexibility index (Phi) is 5.56. The zero-order valence-electron chi connectivity index (χ0n) is 11.0. The molecule has 0 bridgehead atoms. The van der Waals surface area contributed by atoms with E-state index in [4.69, 9.17) is 5.73 Å². The van der Waals surface area contributed by atoms with Gasteiger partial charge in [-0.2, -0.15) is 0 Å². The second kappa shape index (κ2) is 7.02. The van der Waals surface area contributed by atoms with E-state index in [0.717, 1.165) is 15.6 Å². The standard InChI is InChI=1S/C14H14Br2N2O2S/c15-12-3-1-2-11(6-12)9-18-21(19,20)14-7-10(8-17)4-5-13(14)16/h1-7,18H,8-9,17H2. The van der Waals surface area contributed by atoms with E-state index in [-0.39, 0.29) is 11.4 Å². The van der Waals surface area contributed by atoms with E-state index < -0.39 is 10.0 Å². The fraction of sp³-hybridized carbons (Fsp3) is 0.143. The van der Waals surface area contributed by atoms with E-state index in [2.05, 4.69) is 36.6 Å². The van der Waals surface area contributed by atoms with Crippen LogP contribution in [0.1, 0.15) is 11.1 Å². The van der Waals surface area contributed by atoms with Gasteiger partial charge in [0.25, 0.3) is 0 Å². The summed E-state index contributed by atoms with van der Waals surface area (Å²) in [7, 11) is -3.60. The largest absolute Gasteiger partial charge is 0.326 e. The molecule has 21 heavy (non-hydrogen) atoms. The summed E-state index contributed by atoms with van der Waals surface area (Å²) in [6.07, 6.45) is 0. The Morgan fingerprint density at radius 1 is 1.05 bits per heavy atom. The molecule has 7 heteroatoms. The third kappa shape index (κ3) is 4.37. The number of benzene rings is 2. The van der Waals surface area contributed by atoms with Crippen molar-refractivity contribution in [3.8, 4) is 0 Å². The van der Waals surface area contributed by atoms with Crippen LogP contribution in [-0.4, -0.2) is 8.42 Å². The molecular formula is C14H14Br2N2O2S. The zero-order valence-corrected chi connectivity index (χ0v) is 15.0. The van der Waals surface area contributed by atoms with Gasteiger partial charge in [0.05, 0.1) is 4.90 Å². The second-order valence-electron chi connectivity index (χ2n) is 4.42. The van der Waals surface area contributed by atoms with Crippen LogP contribution in [-0.2, 0) is 23.1 Å². The van der Waals surface area contributed by atoms with Crippen LogP contribution in [0.4, 0.5) is 0 Å². The predicted octanol–water partition coefficient (Wildman–Crippen LogP) is 3.15. The van der Waals surface area contributed by atoms with Crippen molar-refractivity contribution in [3.05, 3.63) is 62.5 Å². The minimum absolute atomic E-state index is 0.195. The van der Waals surface area contributed by atoms with Gasteiger partial charge in [0.15, 0.2) is 0 Å². The van der Waals surface area contributed by atoms with Gasteiger partial charge in [0.1, 0.15) is 0 Å². The van der Waals surface area contributed by atoms with Gasteiger partial charge >= 0.3 is 0 Å². The van der Waals surface area contributed by atoms with Crippen molar-refractivity contribution in [2.75, 3.05) is 0 Å². The minimum atomic E-state index is -3.60. The highest BCUT2D eigenvalue weighted by molar-refractivity contribution is 9.10. The molecule has 0 saturated carbocycles. The average molecular weight is 434 g/mol. The highest BCUT2D eigenvalue weighted by Gasteiger charge is 2.17. The molecule has 0 aliphatic heterocycles. The van der Waals surface area contributed by atoms with E-state index in [9.17, 15) is 8.42 Å². The Bertz CT molecular complexity index is 748. The molecule has 4 nitrogen and oxygen atoms in total. The van der Waals surface area contributed by atoms with E-state index in [0.29, 0.717) is 11.0 Å². The maximum Gasteiger partial charge on any atom is 0.242 e. The van der Waals surface area contributed by atoms with Gasteiger partial charge in [0.2, 0.25) is 10.0 Å². The van der Waals surface area contributed by atoms with Gasteiger partial charge in [-0.15, -0.1) is 0 Å².